The Bertz CT molecular complexity index is 393. The first-order valence-corrected chi connectivity index (χ1v) is 5.60. The number of carbonyl (C=O) groups excluding carboxylic acids is 1. The Kier molecular flexibility index (Phi) is 5.67. The summed E-state index contributed by atoms with van der Waals surface area (Å²) in [5.74, 6) is -2.15. The lowest BCUT2D eigenvalue weighted by atomic mass is 10.2. The van der Waals surface area contributed by atoms with Gasteiger partial charge in [0.2, 0.25) is 5.91 Å². The summed E-state index contributed by atoms with van der Waals surface area (Å²) in [4.78, 5) is 11.4. The average molecular weight is 258 g/mol. The summed E-state index contributed by atoms with van der Waals surface area (Å²) in [6.45, 7) is 2.19. The van der Waals surface area contributed by atoms with Crippen LogP contribution in [0.5, 0.6) is 0 Å². The van der Waals surface area contributed by atoms with Gasteiger partial charge in [0.15, 0.2) is 0 Å². The third-order valence-electron chi connectivity index (χ3n) is 2.32. The summed E-state index contributed by atoms with van der Waals surface area (Å²) in [5, 5.41) is 13.7. The van der Waals surface area contributed by atoms with Gasteiger partial charge in [0.25, 0.3) is 0 Å². The predicted molar refractivity (Wildman–Crippen MR) is 64.1 cm³/mol. The molecule has 1 aromatic rings. The maximum absolute atomic E-state index is 13.2. The van der Waals surface area contributed by atoms with Gasteiger partial charge in [-0.1, -0.05) is 13.0 Å². The molecule has 0 spiro atoms. The predicted octanol–water partition coefficient (Wildman–Crippen LogP) is 1.12. The zero-order valence-corrected chi connectivity index (χ0v) is 10.0. The summed E-state index contributed by atoms with van der Waals surface area (Å²) < 4.78 is 26.4. The van der Waals surface area contributed by atoms with Crippen LogP contribution in [-0.2, 0) is 4.79 Å². The molecule has 1 aromatic carbocycles. The van der Waals surface area contributed by atoms with E-state index in [0.717, 1.165) is 12.1 Å². The number of rotatable bonds is 6. The van der Waals surface area contributed by atoms with Crippen LogP contribution < -0.4 is 10.6 Å². The molecular weight excluding hydrogens is 242 g/mol. The number of aliphatic hydroxyl groups excluding tert-OH is 1. The van der Waals surface area contributed by atoms with E-state index in [0.29, 0.717) is 6.54 Å². The van der Waals surface area contributed by atoms with E-state index in [2.05, 4.69) is 10.6 Å². The highest BCUT2D eigenvalue weighted by atomic mass is 19.1. The molecule has 0 saturated heterocycles. The monoisotopic (exact) mass is 258 g/mol. The van der Waals surface area contributed by atoms with Gasteiger partial charge in [0, 0.05) is 13.2 Å². The van der Waals surface area contributed by atoms with Gasteiger partial charge in [-0.05, 0) is 18.1 Å². The van der Waals surface area contributed by atoms with Crippen molar-refractivity contribution in [2.45, 2.75) is 6.92 Å². The van der Waals surface area contributed by atoms with Crippen LogP contribution in [0.3, 0.4) is 0 Å². The maximum atomic E-state index is 13.2. The highest BCUT2D eigenvalue weighted by Crippen LogP contribution is 2.17. The second kappa shape index (κ2) is 7.03. The smallest absolute Gasteiger partial charge is 0.238 e. The number of para-hydroxylation sites is 1. The largest absolute Gasteiger partial charge is 0.396 e. The van der Waals surface area contributed by atoms with Crippen LogP contribution in [0.25, 0.3) is 0 Å². The van der Waals surface area contributed by atoms with E-state index in [9.17, 15) is 13.6 Å². The Morgan fingerprint density at radius 1 is 1.39 bits per heavy atom. The van der Waals surface area contributed by atoms with E-state index in [1.165, 1.54) is 6.07 Å². The van der Waals surface area contributed by atoms with Crippen LogP contribution in [0.4, 0.5) is 14.5 Å². The van der Waals surface area contributed by atoms with Crippen LogP contribution in [0.2, 0.25) is 0 Å². The second-order valence-corrected chi connectivity index (χ2v) is 4.06. The Hall–Kier alpha value is -1.53. The molecule has 0 aliphatic rings. The summed E-state index contributed by atoms with van der Waals surface area (Å²) in [6.07, 6.45) is 0. The van der Waals surface area contributed by atoms with Gasteiger partial charge in [0.1, 0.15) is 17.3 Å². The lowest BCUT2D eigenvalue weighted by Crippen LogP contribution is -2.32. The number of halogens is 2. The van der Waals surface area contributed by atoms with Crippen molar-refractivity contribution in [3.05, 3.63) is 29.8 Å². The number of hydrogen-bond donors (Lipinski definition) is 3. The molecule has 6 heteroatoms. The molecule has 0 radical (unpaired) electrons. The Balaban J connectivity index is 2.45. The first kappa shape index (κ1) is 14.5. The van der Waals surface area contributed by atoms with E-state index < -0.39 is 23.2 Å². The molecule has 0 fully saturated rings. The van der Waals surface area contributed by atoms with Crippen molar-refractivity contribution in [1.82, 2.24) is 5.32 Å². The zero-order chi connectivity index (χ0) is 13.5. The molecule has 1 atom stereocenters. The minimum absolute atomic E-state index is 0.0105. The molecular formula is C12H16F2N2O2. The number of carbonyl (C=O) groups is 1. The number of aliphatic hydroxyl groups is 1. The van der Waals surface area contributed by atoms with E-state index in [1.807, 2.05) is 0 Å². The number of benzene rings is 1. The molecule has 1 amide bonds. The average Bonchev–Trinajstić information content (AvgIpc) is 2.34. The van der Waals surface area contributed by atoms with Gasteiger partial charge < -0.3 is 15.7 Å². The molecule has 0 saturated carbocycles. The minimum atomic E-state index is -0.813. The molecule has 0 aromatic heterocycles. The number of hydrogen-bond acceptors (Lipinski definition) is 3. The fourth-order valence-electron chi connectivity index (χ4n) is 1.30. The first-order valence-electron chi connectivity index (χ1n) is 5.60. The van der Waals surface area contributed by atoms with Gasteiger partial charge in [-0.15, -0.1) is 0 Å². The first-order chi connectivity index (χ1) is 8.54. The van der Waals surface area contributed by atoms with Crippen molar-refractivity contribution < 1.29 is 18.7 Å². The van der Waals surface area contributed by atoms with Crippen molar-refractivity contribution in [3.63, 3.8) is 0 Å². The van der Waals surface area contributed by atoms with Crippen LogP contribution in [-0.4, -0.2) is 30.7 Å². The number of anilines is 1. The Labute approximate surface area is 104 Å². The highest BCUT2D eigenvalue weighted by Gasteiger charge is 2.11. The van der Waals surface area contributed by atoms with Crippen molar-refractivity contribution in [2.24, 2.45) is 5.92 Å². The molecule has 1 rings (SSSR count). The van der Waals surface area contributed by atoms with Crippen molar-refractivity contribution >= 4 is 11.6 Å². The summed E-state index contributed by atoms with van der Waals surface area (Å²) in [6, 6.07) is 3.36. The third-order valence-corrected chi connectivity index (χ3v) is 2.32. The minimum Gasteiger partial charge on any atom is -0.396 e. The second-order valence-electron chi connectivity index (χ2n) is 4.06. The normalized spacial score (nSPS) is 12.2. The quantitative estimate of drug-likeness (QED) is 0.716. The number of amides is 1. The van der Waals surface area contributed by atoms with E-state index in [-0.39, 0.29) is 19.1 Å². The SMILES string of the molecule is CC(CO)CNCC(=O)Nc1c(F)cccc1F. The fraction of sp³-hybridized carbons (Fsp3) is 0.417. The molecule has 18 heavy (non-hydrogen) atoms. The molecule has 0 aliphatic heterocycles. The van der Waals surface area contributed by atoms with Gasteiger partial charge in [-0.25, -0.2) is 8.78 Å². The summed E-state index contributed by atoms with van der Waals surface area (Å²) in [7, 11) is 0. The van der Waals surface area contributed by atoms with Crippen LogP contribution >= 0.6 is 0 Å². The van der Waals surface area contributed by atoms with Crippen molar-refractivity contribution in [3.8, 4) is 0 Å². The van der Waals surface area contributed by atoms with Crippen LogP contribution in [0.15, 0.2) is 18.2 Å². The molecule has 3 N–H and O–H groups in total. The standard InChI is InChI=1S/C12H16F2N2O2/c1-8(7-17)5-15-6-11(18)16-12-9(13)3-2-4-10(12)14/h2-4,8,15,17H,5-7H2,1H3,(H,16,18). The molecule has 0 aliphatic carbocycles. The number of nitrogens with one attached hydrogen (secondary N) is 2. The van der Waals surface area contributed by atoms with Gasteiger partial charge in [-0.2, -0.15) is 0 Å². The van der Waals surface area contributed by atoms with E-state index in [1.54, 1.807) is 6.92 Å². The lowest BCUT2D eigenvalue weighted by Gasteiger charge is -2.10. The maximum Gasteiger partial charge on any atom is 0.238 e. The summed E-state index contributed by atoms with van der Waals surface area (Å²) in [5.41, 5.74) is -0.445. The van der Waals surface area contributed by atoms with Gasteiger partial charge in [0.05, 0.1) is 6.54 Å². The Morgan fingerprint density at radius 2 is 2.00 bits per heavy atom. The van der Waals surface area contributed by atoms with Crippen LogP contribution in [0.1, 0.15) is 6.92 Å². The molecule has 0 heterocycles. The zero-order valence-electron chi connectivity index (χ0n) is 10.0. The fourth-order valence-corrected chi connectivity index (χ4v) is 1.30. The molecule has 0 bridgehead atoms. The van der Waals surface area contributed by atoms with E-state index in [4.69, 9.17) is 5.11 Å². The molecule has 100 valence electrons. The molecule has 4 nitrogen and oxygen atoms in total. The van der Waals surface area contributed by atoms with Gasteiger partial charge >= 0.3 is 0 Å². The molecule has 1 unspecified atom stereocenters. The van der Waals surface area contributed by atoms with E-state index >= 15 is 0 Å². The third kappa shape index (κ3) is 4.38. The van der Waals surface area contributed by atoms with Crippen LogP contribution in [0, 0.1) is 17.6 Å². The van der Waals surface area contributed by atoms with Crippen molar-refractivity contribution in [2.75, 3.05) is 25.0 Å². The van der Waals surface area contributed by atoms with Crippen molar-refractivity contribution in [1.29, 1.82) is 0 Å². The topological polar surface area (TPSA) is 61.4 Å². The highest BCUT2D eigenvalue weighted by molar-refractivity contribution is 5.92. The van der Waals surface area contributed by atoms with Gasteiger partial charge in [-0.3, -0.25) is 4.79 Å². The Morgan fingerprint density at radius 3 is 2.56 bits per heavy atom. The summed E-state index contributed by atoms with van der Waals surface area (Å²) >= 11 is 0. The lowest BCUT2D eigenvalue weighted by molar-refractivity contribution is -0.115.